The second-order valence-electron chi connectivity index (χ2n) is 4.46. The van der Waals surface area contributed by atoms with Gasteiger partial charge in [-0.25, -0.2) is 9.52 Å². The summed E-state index contributed by atoms with van der Waals surface area (Å²) in [5.74, 6) is -1.96. The highest BCUT2D eigenvalue weighted by Crippen LogP contribution is 2.24. The molecule has 0 saturated heterocycles. The highest BCUT2D eigenvalue weighted by Gasteiger charge is 2.46. The fraction of sp³-hybridized carbons (Fsp3) is 0.333. The molecule has 1 aromatic carbocycles. The van der Waals surface area contributed by atoms with Gasteiger partial charge in [0.25, 0.3) is 0 Å². The zero-order valence-electron chi connectivity index (χ0n) is 12.0. The molecule has 140 valence electrons. The van der Waals surface area contributed by atoms with E-state index < -0.39 is 33.8 Å². The summed E-state index contributed by atoms with van der Waals surface area (Å²) in [6, 6.07) is 3.49. The molecule has 0 aliphatic rings. The number of hydrogen-bond donors (Lipinski definition) is 1. The second kappa shape index (κ2) is 9.34. The Balaban J connectivity index is 2.51. The van der Waals surface area contributed by atoms with E-state index in [-0.39, 0.29) is 13.0 Å². The van der Waals surface area contributed by atoms with Crippen LogP contribution in [0.2, 0.25) is 0 Å². The Labute approximate surface area is 182 Å². The SMILES string of the molecule is O=C(CCCOC(=O)c1cc(I)cc(I)c1I)NS(=O)(=O)C(F)(F)F. The molecule has 0 aromatic heterocycles. The number of carbonyl (C=O) groups is 2. The molecular formula is C12H9F3I3NO5S. The molecule has 0 heterocycles. The van der Waals surface area contributed by atoms with Gasteiger partial charge < -0.3 is 4.74 Å². The lowest BCUT2D eigenvalue weighted by molar-refractivity contribution is -0.120. The second-order valence-corrected chi connectivity index (χ2v) is 9.62. The third kappa shape index (κ3) is 6.96. The van der Waals surface area contributed by atoms with E-state index in [4.69, 9.17) is 4.74 Å². The normalized spacial score (nSPS) is 11.9. The van der Waals surface area contributed by atoms with Crippen LogP contribution < -0.4 is 4.72 Å². The molecule has 0 atom stereocenters. The van der Waals surface area contributed by atoms with Gasteiger partial charge in [0, 0.05) is 17.1 Å². The molecule has 0 saturated carbocycles. The van der Waals surface area contributed by atoms with Crippen LogP contribution in [0.15, 0.2) is 12.1 Å². The van der Waals surface area contributed by atoms with Crippen molar-refractivity contribution >= 4 is 89.7 Å². The van der Waals surface area contributed by atoms with Crippen molar-refractivity contribution in [2.45, 2.75) is 18.3 Å². The van der Waals surface area contributed by atoms with Gasteiger partial charge in [-0.05, 0) is 86.3 Å². The minimum absolute atomic E-state index is 0.122. The molecule has 1 rings (SSSR count). The van der Waals surface area contributed by atoms with E-state index in [1.807, 2.05) is 51.2 Å². The number of esters is 1. The monoisotopic (exact) mass is 717 g/mol. The molecule has 0 spiro atoms. The maximum Gasteiger partial charge on any atom is 0.516 e. The number of benzene rings is 1. The standard InChI is InChI=1S/C12H9F3I3NO5S/c13-12(14,15)25(22,23)19-9(20)2-1-3-24-11(21)7-4-6(16)5-8(17)10(7)18/h4-5H,1-3H2,(H,19,20). The summed E-state index contributed by atoms with van der Waals surface area (Å²) in [6.07, 6.45) is -0.661. The minimum Gasteiger partial charge on any atom is -0.462 e. The van der Waals surface area contributed by atoms with Gasteiger partial charge in [0.05, 0.1) is 12.2 Å². The highest BCUT2D eigenvalue weighted by atomic mass is 127. The largest absolute Gasteiger partial charge is 0.516 e. The van der Waals surface area contributed by atoms with Crippen LogP contribution in [0.1, 0.15) is 23.2 Å². The smallest absolute Gasteiger partial charge is 0.462 e. The van der Waals surface area contributed by atoms with Crippen molar-refractivity contribution in [3.8, 4) is 0 Å². The van der Waals surface area contributed by atoms with Gasteiger partial charge in [-0.2, -0.15) is 21.6 Å². The number of nitrogens with one attached hydrogen (secondary N) is 1. The van der Waals surface area contributed by atoms with Gasteiger partial charge in [-0.1, -0.05) is 0 Å². The average molecular weight is 717 g/mol. The van der Waals surface area contributed by atoms with Crippen LogP contribution in [0.4, 0.5) is 13.2 Å². The number of ether oxygens (including phenoxy) is 1. The third-order valence-electron chi connectivity index (χ3n) is 2.55. The fourth-order valence-corrected chi connectivity index (χ4v) is 4.33. The Hall–Kier alpha value is 0.0900. The first-order valence-electron chi connectivity index (χ1n) is 6.28. The number of carbonyl (C=O) groups excluding carboxylic acids is 2. The Morgan fingerprint density at radius 1 is 1.16 bits per heavy atom. The van der Waals surface area contributed by atoms with Gasteiger partial charge in [-0.3, -0.25) is 4.79 Å². The fourth-order valence-electron chi connectivity index (χ4n) is 1.44. The molecule has 1 aromatic rings. The number of rotatable bonds is 6. The Bertz CT molecular complexity index is 783. The topological polar surface area (TPSA) is 89.5 Å². The molecule has 25 heavy (non-hydrogen) atoms. The summed E-state index contributed by atoms with van der Waals surface area (Å²) in [7, 11) is -5.72. The van der Waals surface area contributed by atoms with E-state index in [1.165, 1.54) is 0 Å². The molecular weight excluding hydrogens is 708 g/mol. The zero-order valence-corrected chi connectivity index (χ0v) is 19.3. The predicted octanol–water partition coefficient (Wildman–Crippen LogP) is 3.40. The lowest BCUT2D eigenvalue weighted by Gasteiger charge is -2.10. The minimum atomic E-state index is -5.72. The van der Waals surface area contributed by atoms with Crippen molar-refractivity contribution in [3.05, 3.63) is 28.4 Å². The van der Waals surface area contributed by atoms with E-state index in [2.05, 4.69) is 22.6 Å². The van der Waals surface area contributed by atoms with Crippen molar-refractivity contribution in [3.63, 3.8) is 0 Å². The first-order valence-corrected chi connectivity index (χ1v) is 11.0. The molecule has 0 radical (unpaired) electrons. The van der Waals surface area contributed by atoms with Crippen molar-refractivity contribution in [1.29, 1.82) is 0 Å². The van der Waals surface area contributed by atoms with Crippen molar-refractivity contribution in [2.75, 3.05) is 6.61 Å². The number of hydrogen-bond acceptors (Lipinski definition) is 5. The van der Waals surface area contributed by atoms with Gasteiger partial charge in [0.15, 0.2) is 0 Å². The average Bonchev–Trinajstić information content (AvgIpc) is 2.45. The number of alkyl halides is 3. The van der Waals surface area contributed by atoms with Gasteiger partial charge in [0.2, 0.25) is 5.91 Å². The van der Waals surface area contributed by atoms with E-state index in [1.54, 1.807) is 6.07 Å². The van der Waals surface area contributed by atoms with Crippen LogP contribution in [0.25, 0.3) is 0 Å². The molecule has 0 fully saturated rings. The maximum absolute atomic E-state index is 12.1. The Morgan fingerprint density at radius 2 is 1.76 bits per heavy atom. The van der Waals surface area contributed by atoms with Crippen molar-refractivity contribution in [1.82, 2.24) is 4.72 Å². The quantitative estimate of drug-likeness (QED) is 0.211. The van der Waals surface area contributed by atoms with Crippen molar-refractivity contribution in [2.24, 2.45) is 0 Å². The number of halogens is 6. The molecule has 0 bridgehead atoms. The Kier molecular flexibility index (Phi) is 8.64. The van der Waals surface area contributed by atoms with Gasteiger partial charge >= 0.3 is 21.5 Å². The van der Waals surface area contributed by atoms with Crippen LogP contribution in [0.3, 0.4) is 0 Å². The molecule has 0 unspecified atom stereocenters. The zero-order chi connectivity index (χ0) is 19.4. The predicted molar refractivity (Wildman–Crippen MR) is 107 cm³/mol. The summed E-state index contributed by atoms with van der Waals surface area (Å²) >= 11 is 6.08. The third-order valence-corrected chi connectivity index (χ3v) is 7.32. The van der Waals surface area contributed by atoms with Crippen molar-refractivity contribution < 1.29 is 35.9 Å². The molecule has 1 amide bonds. The van der Waals surface area contributed by atoms with Crippen LogP contribution in [0.5, 0.6) is 0 Å². The summed E-state index contributed by atoms with van der Waals surface area (Å²) in [5, 5.41) is 0. The molecule has 1 N–H and O–H groups in total. The summed E-state index contributed by atoms with van der Waals surface area (Å²) in [4.78, 5) is 23.2. The molecule has 0 aliphatic heterocycles. The van der Waals surface area contributed by atoms with Crippen LogP contribution in [-0.4, -0.2) is 32.4 Å². The lowest BCUT2D eigenvalue weighted by atomic mass is 10.2. The van der Waals surface area contributed by atoms with E-state index >= 15 is 0 Å². The van der Waals surface area contributed by atoms with Crippen LogP contribution in [-0.2, 0) is 19.6 Å². The molecule has 13 heteroatoms. The number of amides is 1. The van der Waals surface area contributed by atoms with E-state index in [0.717, 1.165) is 11.9 Å². The van der Waals surface area contributed by atoms with Crippen LogP contribution in [0, 0.1) is 10.7 Å². The Morgan fingerprint density at radius 3 is 2.32 bits per heavy atom. The molecule has 0 aliphatic carbocycles. The van der Waals surface area contributed by atoms with E-state index in [9.17, 15) is 31.2 Å². The highest BCUT2D eigenvalue weighted by molar-refractivity contribution is 14.1. The van der Waals surface area contributed by atoms with E-state index in [0.29, 0.717) is 9.13 Å². The summed E-state index contributed by atoms with van der Waals surface area (Å²) < 4.78 is 66.0. The summed E-state index contributed by atoms with van der Waals surface area (Å²) in [6.45, 7) is -0.240. The van der Waals surface area contributed by atoms with Gasteiger partial charge in [0.1, 0.15) is 0 Å². The maximum atomic E-state index is 12.1. The summed E-state index contributed by atoms with van der Waals surface area (Å²) in [5.41, 5.74) is -5.23. The van der Waals surface area contributed by atoms with Gasteiger partial charge in [-0.15, -0.1) is 0 Å². The molecule has 6 nitrogen and oxygen atoms in total. The first kappa shape index (κ1) is 23.1. The first-order chi connectivity index (χ1) is 11.3. The lowest BCUT2D eigenvalue weighted by Crippen LogP contribution is -2.40. The van der Waals surface area contributed by atoms with Crippen LogP contribution >= 0.6 is 67.8 Å². The number of sulfonamides is 1.